The highest BCUT2D eigenvalue weighted by Gasteiger charge is 2.39. The maximum atomic E-state index is 10.3. The van der Waals surface area contributed by atoms with Crippen LogP contribution in [0.4, 0.5) is 11.4 Å². The summed E-state index contributed by atoms with van der Waals surface area (Å²) in [5.41, 5.74) is 3.33. The highest BCUT2D eigenvalue weighted by Crippen LogP contribution is 2.39. The second-order valence-corrected chi connectivity index (χ2v) is 6.95. The number of anilines is 2. The molecule has 1 fully saturated rings. The first kappa shape index (κ1) is 15.1. The molecule has 4 nitrogen and oxygen atoms in total. The van der Waals surface area contributed by atoms with E-state index < -0.39 is 5.60 Å². The van der Waals surface area contributed by atoms with E-state index in [1.54, 1.807) is 6.07 Å². The average Bonchev–Trinajstić information content (AvgIpc) is 2.88. The summed E-state index contributed by atoms with van der Waals surface area (Å²) < 4.78 is 5.13. The average molecular weight is 351 g/mol. The number of ether oxygens (including phenoxy) is 1. The minimum absolute atomic E-state index is 0.390. The standard InChI is InChI=1S/C17H16Cl2N2O2/c18-12-2-3-13(14(19)6-12)11-1-4-15-16(5-11)21(10-20-15)7-17(22)8-23-9-17/h1-6,20,22H,7-10H2. The largest absolute Gasteiger partial charge is 0.383 e. The minimum atomic E-state index is -0.753. The van der Waals surface area contributed by atoms with Crippen molar-refractivity contribution in [1.82, 2.24) is 0 Å². The molecule has 1 saturated heterocycles. The predicted octanol–water partition coefficient (Wildman–Crippen LogP) is 3.61. The van der Waals surface area contributed by atoms with E-state index in [-0.39, 0.29) is 0 Å². The first-order valence-electron chi connectivity index (χ1n) is 7.43. The number of aliphatic hydroxyl groups is 1. The quantitative estimate of drug-likeness (QED) is 0.887. The molecule has 0 aromatic heterocycles. The van der Waals surface area contributed by atoms with E-state index >= 15 is 0 Å². The maximum absolute atomic E-state index is 10.3. The second kappa shape index (κ2) is 5.56. The van der Waals surface area contributed by atoms with Gasteiger partial charge in [-0.15, -0.1) is 0 Å². The van der Waals surface area contributed by atoms with E-state index in [1.807, 2.05) is 24.3 Å². The fourth-order valence-corrected chi connectivity index (χ4v) is 3.54. The van der Waals surface area contributed by atoms with E-state index in [0.717, 1.165) is 22.5 Å². The second-order valence-electron chi connectivity index (χ2n) is 6.11. The van der Waals surface area contributed by atoms with Gasteiger partial charge in [0, 0.05) is 15.6 Å². The Morgan fingerprint density at radius 1 is 1.17 bits per heavy atom. The van der Waals surface area contributed by atoms with Gasteiger partial charge in [0.25, 0.3) is 0 Å². The van der Waals surface area contributed by atoms with Crippen molar-refractivity contribution < 1.29 is 9.84 Å². The number of rotatable bonds is 3. The number of hydrogen-bond acceptors (Lipinski definition) is 4. The van der Waals surface area contributed by atoms with Crippen molar-refractivity contribution in [3.05, 3.63) is 46.4 Å². The molecule has 6 heteroatoms. The summed E-state index contributed by atoms with van der Waals surface area (Å²) in [5, 5.41) is 14.9. The number of benzene rings is 2. The molecule has 0 unspecified atom stereocenters. The van der Waals surface area contributed by atoms with Gasteiger partial charge >= 0.3 is 0 Å². The minimum Gasteiger partial charge on any atom is -0.383 e. The van der Waals surface area contributed by atoms with Gasteiger partial charge < -0.3 is 20.1 Å². The van der Waals surface area contributed by atoms with Crippen molar-refractivity contribution in [2.45, 2.75) is 5.60 Å². The molecule has 2 N–H and O–H groups in total. The number of nitrogens with one attached hydrogen (secondary N) is 1. The molecule has 0 amide bonds. The lowest BCUT2D eigenvalue weighted by molar-refractivity contribution is -0.171. The van der Waals surface area contributed by atoms with Crippen LogP contribution in [0, 0.1) is 0 Å². The van der Waals surface area contributed by atoms with Crippen molar-refractivity contribution >= 4 is 34.6 Å². The fourth-order valence-electron chi connectivity index (χ4n) is 3.02. The van der Waals surface area contributed by atoms with Gasteiger partial charge in [-0.05, 0) is 29.8 Å². The third-order valence-corrected chi connectivity index (χ3v) is 4.82. The number of β-amino-alcohol motifs (C(OH)–C–C–N with tert-alkyl or cyclic N) is 1. The van der Waals surface area contributed by atoms with Crippen LogP contribution < -0.4 is 10.2 Å². The Morgan fingerprint density at radius 3 is 2.70 bits per heavy atom. The molecule has 0 spiro atoms. The molecular formula is C17H16Cl2N2O2. The third kappa shape index (κ3) is 2.76. The molecule has 0 bridgehead atoms. The van der Waals surface area contributed by atoms with E-state index in [2.05, 4.69) is 16.3 Å². The predicted molar refractivity (Wildman–Crippen MR) is 93.5 cm³/mol. The SMILES string of the molecule is OC1(CN2CNc3ccc(-c4ccc(Cl)cc4Cl)cc32)COC1. The molecule has 2 aromatic carbocycles. The van der Waals surface area contributed by atoms with Gasteiger partial charge in [-0.1, -0.05) is 35.3 Å². The molecule has 23 heavy (non-hydrogen) atoms. The Hall–Kier alpha value is -1.46. The zero-order valence-electron chi connectivity index (χ0n) is 12.4. The fraction of sp³-hybridized carbons (Fsp3) is 0.294. The summed E-state index contributed by atoms with van der Waals surface area (Å²) in [6.07, 6.45) is 0. The highest BCUT2D eigenvalue weighted by molar-refractivity contribution is 6.36. The van der Waals surface area contributed by atoms with Crippen LogP contribution in [0.25, 0.3) is 11.1 Å². The Labute approximate surface area is 144 Å². The first-order valence-corrected chi connectivity index (χ1v) is 8.18. The molecular weight excluding hydrogens is 335 g/mol. The molecule has 2 aliphatic rings. The zero-order valence-corrected chi connectivity index (χ0v) is 13.9. The summed E-state index contributed by atoms with van der Waals surface area (Å²) in [5.74, 6) is 0. The molecule has 2 aromatic rings. The van der Waals surface area contributed by atoms with Gasteiger partial charge in [0.2, 0.25) is 0 Å². The maximum Gasteiger partial charge on any atom is 0.128 e. The Balaban J connectivity index is 1.67. The van der Waals surface area contributed by atoms with Crippen molar-refractivity contribution in [3.63, 3.8) is 0 Å². The van der Waals surface area contributed by atoms with Crippen LogP contribution in [0.1, 0.15) is 0 Å². The van der Waals surface area contributed by atoms with Gasteiger partial charge in [0.05, 0.1) is 37.8 Å². The Morgan fingerprint density at radius 2 is 2.00 bits per heavy atom. The summed E-state index contributed by atoms with van der Waals surface area (Å²) in [6, 6.07) is 11.7. The van der Waals surface area contributed by atoms with Gasteiger partial charge in [-0.25, -0.2) is 0 Å². The topological polar surface area (TPSA) is 44.7 Å². The zero-order chi connectivity index (χ0) is 16.0. The Kier molecular flexibility index (Phi) is 3.65. The van der Waals surface area contributed by atoms with Crippen LogP contribution in [-0.4, -0.2) is 37.1 Å². The van der Waals surface area contributed by atoms with Crippen molar-refractivity contribution in [2.75, 3.05) is 36.6 Å². The van der Waals surface area contributed by atoms with E-state index in [0.29, 0.717) is 36.5 Å². The van der Waals surface area contributed by atoms with Gasteiger partial charge in [-0.2, -0.15) is 0 Å². The number of halogens is 2. The lowest BCUT2D eigenvalue weighted by Crippen LogP contribution is -2.57. The van der Waals surface area contributed by atoms with E-state index in [4.69, 9.17) is 27.9 Å². The number of hydrogen-bond donors (Lipinski definition) is 2. The van der Waals surface area contributed by atoms with Crippen molar-refractivity contribution in [3.8, 4) is 11.1 Å². The van der Waals surface area contributed by atoms with Crippen molar-refractivity contribution in [1.29, 1.82) is 0 Å². The van der Waals surface area contributed by atoms with Gasteiger partial charge in [0.15, 0.2) is 0 Å². The summed E-state index contributed by atoms with van der Waals surface area (Å²) in [4.78, 5) is 2.13. The molecule has 120 valence electrons. The van der Waals surface area contributed by atoms with Crippen LogP contribution in [0.2, 0.25) is 10.0 Å². The van der Waals surface area contributed by atoms with E-state index in [9.17, 15) is 5.11 Å². The van der Waals surface area contributed by atoms with Crippen LogP contribution in [0.5, 0.6) is 0 Å². The smallest absolute Gasteiger partial charge is 0.128 e. The normalized spacial score (nSPS) is 18.3. The number of nitrogens with zero attached hydrogens (tertiary/aromatic N) is 1. The van der Waals surface area contributed by atoms with Gasteiger partial charge in [-0.3, -0.25) is 0 Å². The monoisotopic (exact) mass is 350 g/mol. The lowest BCUT2D eigenvalue weighted by atomic mass is 10.0. The summed E-state index contributed by atoms with van der Waals surface area (Å²) in [7, 11) is 0. The van der Waals surface area contributed by atoms with Crippen molar-refractivity contribution in [2.24, 2.45) is 0 Å². The van der Waals surface area contributed by atoms with Crippen LogP contribution in [0.15, 0.2) is 36.4 Å². The summed E-state index contributed by atoms with van der Waals surface area (Å²) in [6.45, 7) is 2.00. The molecule has 0 radical (unpaired) electrons. The third-order valence-electron chi connectivity index (χ3n) is 4.27. The molecule has 0 aliphatic carbocycles. The van der Waals surface area contributed by atoms with Crippen LogP contribution in [-0.2, 0) is 4.74 Å². The van der Waals surface area contributed by atoms with Gasteiger partial charge in [0.1, 0.15) is 5.60 Å². The highest BCUT2D eigenvalue weighted by atomic mass is 35.5. The molecule has 2 aliphatic heterocycles. The van der Waals surface area contributed by atoms with E-state index in [1.165, 1.54) is 0 Å². The lowest BCUT2D eigenvalue weighted by Gasteiger charge is -2.39. The number of fused-ring (bicyclic) bond motifs is 1. The molecule has 4 rings (SSSR count). The van der Waals surface area contributed by atoms with Crippen LogP contribution in [0.3, 0.4) is 0 Å². The molecule has 0 saturated carbocycles. The Bertz CT molecular complexity index is 762. The summed E-state index contributed by atoms with van der Waals surface area (Å²) >= 11 is 12.3. The van der Waals surface area contributed by atoms with Crippen LogP contribution >= 0.6 is 23.2 Å². The first-order chi connectivity index (χ1) is 11.0. The molecule has 2 heterocycles. The molecule has 0 atom stereocenters.